The molecule has 0 saturated heterocycles. The molecule has 17 heavy (non-hydrogen) atoms. The fraction of sp³-hybridized carbons (Fsp3) is 0.500. The lowest BCUT2D eigenvalue weighted by molar-refractivity contribution is 0.769. The van der Waals surface area contributed by atoms with Gasteiger partial charge < -0.3 is 5.32 Å². The van der Waals surface area contributed by atoms with Crippen LogP contribution in [0.25, 0.3) is 10.2 Å². The molecule has 3 rings (SSSR count). The zero-order chi connectivity index (χ0) is 11.8. The van der Waals surface area contributed by atoms with Gasteiger partial charge in [0, 0.05) is 11.4 Å². The number of aromatic nitrogens is 2. The SMILES string of the molecule is Cc1cc2c(NCC(Cl)C3CC3)ncnc2s1. The third-order valence-electron chi connectivity index (χ3n) is 3.05. The van der Waals surface area contributed by atoms with Gasteiger partial charge in [0.05, 0.1) is 10.8 Å². The number of hydrogen-bond donors (Lipinski definition) is 1. The molecule has 3 nitrogen and oxygen atoms in total. The maximum absolute atomic E-state index is 6.28. The van der Waals surface area contributed by atoms with Gasteiger partial charge in [-0.05, 0) is 31.7 Å². The van der Waals surface area contributed by atoms with Gasteiger partial charge in [-0.25, -0.2) is 9.97 Å². The van der Waals surface area contributed by atoms with E-state index in [1.807, 2.05) is 0 Å². The van der Waals surface area contributed by atoms with Gasteiger partial charge in [0.1, 0.15) is 17.0 Å². The number of thiophene rings is 1. The van der Waals surface area contributed by atoms with E-state index in [4.69, 9.17) is 11.6 Å². The van der Waals surface area contributed by atoms with Gasteiger partial charge in [-0.15, -0.1) is 22.9 Å². The zero-order valence-corrected chi connectivity index (χ0v) is 11.2. The molecule has 2 aromatic heterocycles. The number of halogens is 1. The summed E-state index contributed by atoms with van der Waals surface area (Å²) in [5.41, 5.74) is 0. The van der Waals surface area contributed by atoms with Crippen molar-refractivity contribution < 1.29 is 0 Å². The lowest BCUT2D eigenvalue weighted by Gasteiger charge is -2.10. The molecule has 1 N–H and O–H groups in total. The van der Waals surface area contributed by atoms with Crippen LogP contribution in [0.4, 0.5) is 5.82 Å². The van der Waals surface area contributed by atoms with E-state index in [0.717, 1.165) is 22.6 Å². The van der Waals surface area contributed by atoms with E-state index in [1.165, 1.54) is 17.7 Å². The zero-order valence-electron chi connectivity index (χ0n) is 9.61. The van der Waals surface area contributed by atoms with E-state index in [9.17, 15) is 0 Å². The maximum Gasteiger partial charge on any atom is 0.138 e. The molecule has 2 aromatic rings. The summed E-state index contributed by atoms with van der Waals surface area (Å²) in [6, 6.07) is 2.13. The first kappa shape index (κ1) is 11.2. The number of alkyl halides is 1. The summed E-state index contributed by atoms with van der Waals surface area (Å²) < 4.78 is 0. The Bertz CT molecular complexity index is 536. The minimum atomic E-state index is 0.222. The predicted molar refractivity (Wildman–Crippen MR) is 73.0 cm³/mol. The minimum Gasteiger partial charge on any atom is -0.368 e. The van der Waals surface area contributed by atoms with Gasteiger partial charge in [0.15, 0.2) is 0 Å². The first-order valence-electron chi connectivity index (χ1n) is 5.83. The number of hydrogen-bond acceptors (Lipinski definition) is 4. The molecule has 0 radical (unpaired) electrons. The Labute approximate surface area is 109 Å². The molecule has 1 unspecified atom stereocenters. The first-order chi connectivity index (χ1) is 8.24. The second kappa shape index (κ2) is 4.42. The molecule has 1 fully saturated rings. The summed E-state index contributed by atoms with van der Waals surface area (Å²) in [5, 5.41) is 4.67. The molecular weight excluding hydrogens is 254 g/mol. The van der Waals surface area contributed by atoms with E-state index in [-0.39, 0.29) is 5.38 Å². The Morgan fingerprint density at radius 1 is 1.53 bits per heavy atom. The van der Waals surface area contributed by atoms with Gasteiger partial charge in [0.25, 0.3) is 0 Å². The highest BCUT2D eigenvalue weighted by atomic mass is 35.5. The normalized spacial score (nSPS) is 17.3. The summed E-state index contributed by atoms with van der Waals surface area (Å²) >= 11 is 7.98. The fourth-order valence-electron chi connectivity index (χ4n) is 1.94. The summed E-state index contributed by atoms with van der Waals surface area (Å²) in [7, 11) is 0. The van der Waals surface area contributed by atoms with E-state index < -0.39 is 0 Å². The van der Waals surface area contributed by atoms with Crippen molar-refractivity contribution in [3.05, 3.63) is 17.3 Å². The summed E-state index contributed by atoms with van der Waals surface area (Å²) in [6.07, 6.45) is 4.15. The van der Waals surface area contributed by atoms with Crippen molar-refractivity contribution in [2.24, 2.45) is 5.92 Å². The Morgan fingerprint density at radius 2 is 2.35 bits per heavy atom. The topological polar surface area (TPSA) is 37.8 Å². The summed E-state index contributed by atoms with van der Waals surface area (Å²) in [5.74, 6) is 1.61. The van der Waals surface area contributed by atoms with Crippen LogP contribution in [0, 0.1) is 12.8 Å². The van der Waals surface area contributed by atoms with Crippen LogP contribution in [-0.4, -0.2) is 21.9 Å². The average molecular weight is 268 g/mol. The van der Waals surface area contributed by atoms with Crippen LogP contribution >= 0.6 is 22.9 Å². The lowest BCUT2D eigenvalue weighted by Crippen LogP contribution is -2.16. The molecule has 0 aliphatic heterocycles. The van der Waals surface area contributed by atoms with Gasteiger partial charge >= 0.3 is 0 Å². The van der Waals surface area contributed by atoms with Crippen molar-refractivity contribution >= 4 is 39.0 Å². The van der Waals surface area contributed by atoms with Crippen LogP contribution < -0.4 is 5.32 Å². The third kappa shape index (κ3) is 2.38. The highest BCUT2D eigenvalue weighted by Gasteiger charge is 2.29. The second-order valence-electron chi connectivity index (χ2n) is 4.53. The van der Waals surface area contributed by atoms with Crippen molar-refractivity contribution in [3.63, 3.8) is 0 Å². The largest absolute Gasteiger partial charge is 0.368 e. The molecule has 90 valence electrons. The molecule has 1 atom stereocenters. The van der Waals surface area contributed by atoms with Gasteiger partial charge in [-0.3, -0.25) is 0 Å². The Kier molecular flexibility index (Phi) is 2.92. The molecule has 0 amide bonds. The van der Waals surface area contributed by atoms with E-state index in [0.29, 0.717) is 5.92 Å². The highest BCUT2D eigenvalue weighted by molar-refractivity contribution is 7.18. The number of nitrogens with zero attached hydrogens (tertiary/aromatic N) is 2. The molecule has 0 bridgehead atoms. The average Bonchev–Trinajstić information content (AvgIpc) is 3.08. The van der Waals surface area contributed by atoms with Crippen LogP contribution in [0.15, 0.2) is 12.4 Å². The number of nitrogens with one attached hydrogen (secondary N) is 1. The molecular formula is C12H14ClN3S. The van der Waals surface area contributed by atoms with E-state index in [2.05, 4.69) is 28.3 Å². The van der Waals surface area contributed by atoms with Crippen molar-refractivity contribution in [1.29, 1.82) is 0 Å². The van der Waals surface area contributed by atoms with E-state index >= 15 is 0 Å². The quantitative estimate of drug-likeness (QED) is 0.863. The molecule has 1 aliphatic rings. The minimum absolute atomic E-state index is 0.222. The molecule has 1 saturated carbocycles. The third-order valence-corrected chi connectivity index (χ3v) is 4.52. The second-order valence-corrected chi connectivity index (χ2v) is 6.33. The molecule has 2 heterocycles. The number of fused-ring (bicyclic) bond motifs is 1. The highest BCUT2D eigenvalue weighted by Crippen LogP contribution is 2.36. The van der Waals surface area contributed by atoms with Crippen molar-refractivity contribution in [2.75, 3.05) is 11.9 Å². The van der Waals surface area contributed by atoms with Crippen LogP contribution in [0.3, 0.4) is 0 Å². The van der Waals surface area contributed by atoms with E-state index in [1.54, 1.807) is 17.7 Å². The summed E-state index contributed by atoms with van der Waals surface area (Å²) in [4.78, 5) is 10.9. The van der Waals surface area contributed by atoms with Crippen molar-refractivity contribution in [2.45, 2.75) is 25.1 Å². The number of anilines is 1. The Morgan fingerprint density at radius 3 is 3.12 bits per heavy atom. The van der Waals surface area contributed by atoms with Crippen LogP contribution in [0.5, 0.6) is 0 Å². The number of aryl methyl sites for hydroxylation is 1. The maximum atomic E-state index is 6.28. The summed E-state index contributed by atoms with van der Waals surface area (Å²) in [6.45, 7) is 2.87. The monoisotopic (exact) mass is 267 g/mol. The van der Waals surface area contributed by atoms with Crippen LogP contribution in [0.1, 0.15) is 17.7 Å². The predicted octanol–water partition coefficient (Wildman–Crippen LogP) is 3.43. The Balaban J connectivity index is 1.79. The van der Waals surface area contributed by atoms with Gasteiger partial charge in [0.2, 0.25) is 0 Å². The van der Waals surface area contributed by atoms with Crippen molar-refractivity contribution in [3.8, 4) is 0 Å². The smallest absolute Gasteiger partial charge is 0.138 e. The Hall–Kier alpha value is -0.870. The molecule has 1 aliphatic carbocycles. The van der Waals surface area contributed by atoms with Gasteiger partial charge in [-0.1, -0.05) is 0 Å². The number of rotatable bonds is 4. The van der Waals surface area contributed by atoms with Gasteiger partial charge in [-0.2, -0.15) is 0 Å². The molecule has 0 spiro atoms. The van der Waals surface area contributed by atoms with Crippen molar-refractivity contribution in [1.82, 2.24) is 9.97 Å². The molecule has 0 aromatic carbocycles. The van der Waals surface area contributed by atoms with Crippen LogP contribution in [0.2, 0.25) is 0 Å². The standard InChI is InChI=1S/C12H14ClN3S/c1-7-4-9-11(15-6-16-12(9)17-7)14-5-10(13)8-2-3-8/h4,6,8,10H,2-3,5H2,1H3,(H,14,15,16). The first-order valence-corrected chi connectivity index (χ1v) is 7.08. The lowest BCUT2D eigenvalue weighted by atomic mass is 10.3. The van der Waals surface area contributed by atoms with Crippen LogP contribution in [-0.2, 0) is 0 Å². The molecule has 5 heteroatoms. The fourth-order valence-corrected chi connectivity index (χ4v) is 3.11.